The number of methoxy groups -OCH3 is 1. The smallest absolute Gasteiger partial charge is 0.409 e. The number of ether oxygens (including phenoxy) is 2. The third kappa shape index (κ3) is 5.18. The number of amides is 1. The van der Waals surface area contributed by atoms with Gasteiger partial charge in [0.2, 0.25) is 0 Å². The Hall–Kier alpha value is -2.71. The summed E-state index contributed by atoms with van der Waals surface area (Å²) in [5.41, 5.74) is 1.08. The van der Waals surface area contributed by atoms with Crippen molar-refractivity contribution >= 4 is 11.8 Å². The molecule has 0 bridgehead atoms. The molecule has 0 atom stereocenters. The first-order valence-corrected chi connectivity index (χ1v) is 7.68. The van der Waals surface area contributed by atoms with Gasteiger partial charge in [0.1, 0.15) is 5.75 Å². The minimum absolute atomic E-state index is 0.0778. The molecule has 0 N–H and O–H groups in total. The van der Waals surface area contributed by atoms with Gasteiger partial charge >= 0.3 is 6.09 Å². The summed E-state index contributed by atoms with van der Waals surface area (Å²) < 4.78 is 10.2. The van der Waals surface area contributed by atoms with Gasteiger partial charge in [-0.3, -0.25) is 0 Å². The zero-order valence-electron chi connectivity index (χ0n) is 13.6. The van der Waals surface area contributed by atoms with Crippen LogP contribution in [0.3, 0.4) is 0 Å². The molecule has 1 aliphatic rings. The van der Waals surface area contributed by atoms with E-state index in [1.807, 2.05) is 24.3 Å². The number of benzene rings is 1. The average Bonchev–Trinajstić information content (AvgIpc) is 2.61. The van der Waals surface area contributed by atoms with Crippen molar-refractivity contribution in [2.45, 2.75) is 6.42 Å². The van der Waals surface area contributed by atoms with Gasteiger partial charge in [0.15, 0.2) is 0 Å². The first kappa shape index (κ1) is 17.6. The van der Waals surface area contributed by atoms with E-state index in [1.165, 1.54) is 0 Å². The molecule has 2 rings (SSSR count). The van der Waals surface area contributed by atoms with Crippen molar-refractivity contribution in [1.82, 2.24) is 4.90 Å². The summed E-state index contributed by atoms with van der Waals surface area (Å²) in [4.78, 5) is 29.9. The number of carbonyl (C=O) groups is 1. The lowest BCUT2D eigenvalue weighted by atomic mass is 10.2. The van der Waals surface area contributed by atoms with Crippen LogP contribution in [0.1, 0.15) is 6.42 Å². The first-order chi connectivity index (χ1) is 11.6. The van der Waals surface area contributed by atoms with E-state index >= 15 is 0 Å². The Labute approximate surface area is 139 Å². The fourth-order valence-corrected chi connectivity index (χ4v) is 2.39. The van der Waals surface area contributed by atoms with Crippen molar-refractivity contribution in [1.29, 1.82) is 0 Å². The van der Waals surface area contributed by atoms with Crippen molar-refractivity contribution < 1.29 is 24.2 Å². The molecule has 132 valence electrons. The third-order valence-corrected chi connectivity index (χ3v) is 3.69. The van der Waals surface area contributed by atoms with E-state index in [2.05, 4.69) is 9.74 Å². The molecule has 9 nitrogen and oxygen atoms in total. The van der Waals surface area contributed by atoms with Crippen molar-refractivity contribution in [3.8, 4) is 5.75 Å². The monoisotopic (exact) mass is 339 g/mol. The molecular formula is C15H21N3O6. The van der Waals surface area contributed by atoms with Crippen LogP contribution < -0.4 is 9.64 Å². The molecule has 1 saturated heterocycles. The van der Waals surface area contributed by atoms with Crippen LogP contribution in [0.15, 0.2) is 24.3 Å². The molecule has 1 aromatic rings. The van der Waals surface area contributed by atoms with E-state index in [0.29, 0.717) is 32.6 Å². The average molecular weight is 339 g/mol. The summed E-state index contributed by atoms with van der Waals surface area (Å²) in [6, 6.07) is 7.79. The maximum absolute atomic E-state index is 11.9. The van der Waals surface area contributed by atoms with Gasteiger partial charge in [-0.1, -0.05) is 0 Å². The number of carbonyl (C=O) groups excluding carboxylic acids is 1. The Morgan fingerprint density at radius 3 is 2.42 bits per heavy atom. The highest BCUT2D eigenvalue weighted by molar-refractivity contribution is 5.68. The van der Waals surface area contributed by atoms with Crippen LogP contribution >= 0.6 is 0 Å². The molecule has 1 amide bonds. The lowest BCUT2D eigenvalue weighted by molar-refractivity contribution is -0.757. The van der Waals surface area contributed by atoms with Crippen LogP contribution in [0.5, 0.6) is 5.75 Å². The summed E-state index contributed by atoms with van der Waals surface area (Å²) in [7, 11) is 1.63. The molecule has 1 aromatic carbocycles. The molecule has 0 aromatic heterocycles. The predicted octanol–water partition coefficient (Wildman–Crippen LogP) is 1.55. The van der Waals surface area contributed by atoms with Crippen molar-refractivity contribution in [2.75, 3.05) is 51.4 Å². The summed E-state index contributed by atoms with van der Waals surface area (Å²) in [5.74, 6) is 0.807. The number of rotatable bonds is 7. The Morgan fingerprint density at radius 2 is 1.83 bits per heavy atom. The lowest BCUT2D eigenvalue weighted by Gasteiger charge is -2.35. The zero-order valence-corrected chi connectivity index (χ0v) is 13.6. The van der Waals surface area contributed by atoms with Gasteiger partial charge in [0.05, 0.1) is 20.3 Å². The highest BCUT2D eigenvalue weighted by Gasteiger charge is 2.22. The maximum atomic E-state index is 11.9. The van der Waals surface area contributed by atoms with Crippen LogP contribution in [0.4, 0.5) is 10.5 Å². The summed E-state index contributed by atoms with van der Waals surface area (Å²) in [5, 5.41) is 9.12. The molecule has 0 radical (unpaired) electrons. The van der Waals surface area contributed by atoms with E-state index in [9.17, 15) is 14.9 Å². The maximum Gasteiger partial charge on any atom is 0.409 e. The number of hydrogen-bond donors (Lipinski definition) is 0. The van der Waals surface area contributed by atoms with E-state index < -0.39 is 11.2 Å². The number of nitrogens with zero attached hydrogens (tertiary/aromatic N) is 3. The Morgan fingerprint density at radius 1 is 1.17 bits per heavy atom. The quantitative estimate of drug-likeness (QED) is 0.422. The third-order valence-electron chi connectivity index (χ3n) is 3.69. The van der Waals surface area contributed by atoms with Crippen LogP contribution in [0, 0.1) is 10.1 Å². The largest absolute Gasteiger partial charge is 0.497 e. The summed E-state index contributed by atoms with van der Waals surface area (Å²) in [6.07, 6.45) is -0.107. The molecule has 0 saturated carbocycles. The molecule has 1 heterocycles. The second-order valence-electron chi connectivity index (χ2n) is 5.20. The highest BCUT2D eigenvalue weighted by atomic mass is 16.9. The van der Waals surface area contributed by atoms with E-state index in [1.54, 1.807) is 12.0 Å². The van der Waals surface area contributed by atoms with E-state index in [0.717, 1.165) is 11.4 Å². The lowest BCUT2D eigenvalue weighted by Crippen LogP contribution is -2.49. The standard InChI is InChI=1S/C15H21N3O6/c1-22-14-5-3-13(4-6-14)16-7-9-17(10-8-16)15(19)23-11-2-12-24-18(20)21/h3-6H,2,7-12H2,1H3. The predicted molar refractivity (Wildman–Crippen MR) is 85.7 cm³/mol. The zero-order chi connectivity index (χ0) is 17.4. The Bertz CT molecular complexity index is 543. The van der Waals surface area contributed by atoms with Crippen LogP contribution in [0.2, 0.25) is 0 Å². The number of piperazine rings is 1. The van der Waals surface area contributed by atoms with Crippen molar-refractivity contribution in [2.24, 2.45) is 0 Å². The van der Waals surface area contributed by atoms with Gasteiger partial charge in [-0.15, -0.1) is 10.1 Å². The van der Waals surface area contributed by atoms with Gasteiger partial charge < -0.3 is 24.1 Å². The minimum atomic E-state index is -0.861. The fourth-order valence-electron chi connectivity index (χ4n) is 2.39. The topological polar surface area (TPSA) is 94.4 Å². The normalized spacial score (nSPS) is 14.2. The van der Waals surface area contributed by atoms with Crippen LogP contribution in [0.25, 0.3) is 0 Å². The Kier molecular flexibility index (Phi) is 6.47. The molecule has 1 fully saturated rings. The minimum Gasteiger partial charge on any atom is -0.497 e. The van der Waals surface area contributed by atoms with Crippen molar-refractivity contribution in [3.05, 3.63) is 34.4 Å². The van der Waals surface area contributed by atoms with Gasteiger partial charge in [0, 0.05) is 38.3 Å². The molecule has 24 heavy (non-hydrogen) atoms. The highest BCUT2D eigenvalue weighted by Crippen LogP contribution is 2.20. The summed E-state index contributed by atoms with van der Waals surface area (Å²) >= 11 is 0. The van der Waals surface area contributed by atoms with E-state index in [-0.39, 0.29) is 13.2 Å². The van der Waals surface area contributed by atoms with Gasteiger partial charge in [-0.2, -0.15) is 0 Å². The van der Waals surface area contributed by atoms with Gasteiger partial charge in [0.25, 0.3) is 5.09 Å². The molecule has 0 spiro atoms. The van der Waals surface area contributed by atoms with Gasteiger partial charge in [-0.25, -0.2) is 4.79 Å². The second kappa shape index (κ2) is 8.80. The molecule has 0 aliphatic carbocycles. The molecule has 9 heteroatoms. The van der Waals surface area contributed by atoms with Crippen LogP contribution in [-0.4, -0.2) is 62.6 Å². The number of hydrogen-bond acceptors (Lipinski definition) is 7. The molecule has 1 aliphatic heterocycles. The van der Waals surface area contributed by atoms with E-state index in [4.69, 9.17) is 9.47 Å². The second-order valence-corrected chi connectivity index (χ2v) is 5.20. The summed E-state index contributed by atoms with van der Waals surface area (Å²) in [6.45, 7) is 2.58. The Balaban J connectivity index is 1.69. The molecule has 0 unspecified atom stereocenters. The fraction of sp³-hybridized carbons (Fsp3) is 0.533. The molecular weight excluding hydrogens is 318 g/mol. The first-order valence-electron chi connectivity index (χ1n) is 7.68. The van der Waals surface area contributed by atoms with Crippen molar-refractivity contribution in [3.63, 3.8) is 0 Å². The SMILES string of the molecule is COc1ccc(N2CCN(C(=O)OCCCO[N+](=O)[O-])CC2)cc1. The van der Waals surface area contributed by atoms with Gasteiger partial charge in [-0.05, 0) is 24.3 Å². The number of anilines is 1. The van der Waals surface area contributed by atoms with Crippen LogP contribution in [-0.2, 0) is 9.57 Å².